The molecule has 8 heteroatoms. The van der Waals surface area contributed by atoms with Gasteiger partial charge in [0, 0.05) is 24.9 Å². The summed E-state index contributed by atoms with van der Waals surface area (Å²) in [5.74, 6) is -0.111. The molecule has 2 aromatic carbocycles. The molecule has 0 aliphatic rings. The fourth-order valence-corrected chi connectivity index (χ4v) is 2.97. The number of methoxy groups -OCH3 is 1. The highest BCUT2D eigenvalue weighted by molar-refractivity contribution is 6.06. The van der Waals surface area contributed by atoms with Gasteiger partial charge in [0.15, 0.2) is 0 Å². The van der Waals surface area contributed by atoms with Crippen LogP contribution in [-0.2, 0) is 6.54 Å². The molecule has 0 bridgehead atoms. The van der Waals surface area contributed by atoms with Crippen molar-refractivity contribution in [1.82, 2.24) is 4.57 Å². The molecule has 28 heavy (non-hydrogen) atoms. The van der Waals surface area contributed by atoms with Crippen molar-refractivity contribution in [2.45, 2.75) is 20.4 Å². The lowest BCUT2D eigenvalue weighted by atomic mass is 10.1. The molecule has 0 saturated heterocycles. The minimum Gasteiger partial charge on any atom is -0.497 e. The van der Waals surface area contributed by atoms with E-state index < -0.39 is 16.3 Å². The Labute approximate surface area is 160 Å². The van der Waals surface area contributed by atoms with E-state index in [2.05, 4.69) is 5.32 Å². The number of benzene rings is 2. The van der Waals surface area contributed by atoms with E-state index in [1.165, 1.54) is 25.4 Å². The number of nitrogens with zero attached hydrogens (tertiary/aromatic N) is 2. The average molecular weight is 381 g/mol. The summed E-state index contributed by atoms with van der Waals surface area (Å²) >= 11 is 0. The second kappa shape index (κ2) is 7.51. The van der Waals surface area contributed by atoms with E-state index in [9.17, 15) is 19.7 Å². The van der Waals surface area contributed by atoms with Crippen molar-refractivity contribution < 1.29 is 14.5 Å². The highest BCUT2D eigenvalue weighted by Gasteiger charge is 2.18. The van der Waals surface area contributed by atoms with Gasteiger partial charge in [-0.2, -0.15) is 0 Å². The topological polar surface area (TPSA) is 103 Å². The third-order valence-corrected chi connectivity index (χ3v) is 4.55. The summed E-state index contributed by atoms with van der Waals surface area (Å²) < 4.78 is 6.98. The Balaban J connectivity index is 2.09. The van der Waals surface area contributed by atoms with E-state index in [1.807, 2.05) is 6.92 Å². The van der Waals surface area contributed by atoms with Gasteiger partial charge in [-0.15, -0.1) is 0 Å². The predicted octanol–water partition coefficient (Wildman–Crippen LogP) is 3.50. The Kier molecular flexibility index (Phi) is 5.12. The van der Waals surface area contributed by atoms with Gasteiger partial charge in [-0.25, -0.2) is 0 Å². The number of hydrogen-bond acceptors (Lipinski definition) is 5. The van der Waals surface area contributed by atoms with Crippen molar-refractivity contribution in [3.05, 3.63) is 74.1 Å². The number of carbonyl (C=O) groups excluding carboxylic acids is 1. The number of nitrogens with one attached hydrogen (secondary N) is 1. The number of aromatic nitrogens is 1. The van der Waals surface area contributed by atoms with Gasteiger partial charge in [-0.3, -0.25) is 19.7 Å². The van der Waals surface area contributed by atoms with Gasteiger partial charge >= 0.3 is 0 Å². The molecule has 1 amide bonds. The van der Waals surface area contributed by atoms with E-state index in [1.54, 1.807) is 35.8 Å². The lowest BCUT2D eigenvalue weighted by Gasteiger charge is -2.13. The molecule has 0 saturated carbocycles. The molecule has 0 unspecified atom stereocenters. The summed E-state index contributed by atoms with van der Waals surface area (Å²) in [6, 6.07) is 9.29. The first kappa shape index (κ1) is 19.1. The third-order valence-electron chi connectivity index (χ3n) is 4.55. The van der Waals surface area contributed by atoms with Gasteiger partial charge in [0.2, 0.25) is 5.43 Å². The van der Waals surface area contributed by atoms with Crippen molar-refractivity contribution in [3.63, 3.8) is 0 Å². The molecule has 1 N–H and O–H groups in total. The quantitative estimate of drug-likeness (QED) is 0.538. The fourth-order valence-electron chi connectivity index (χ4n) is 2.97. The molecular formula is C20H19N3O5. The first-order valence-electron chi connectivity index (χ1n) is 8.63. The molecule has 1 aromatic heterocycles. The van der Waals surface area contributed by atoms with Gasteiger partial charge in [-0.1, -0.05) is 6.07 Å². The number of rotatable bonds is 5. The summed E-state index contributed by atoms with van der Waals surface area (Å²) in [4.78, 5) is 36.2. The largest absolute Gasteiger partial charge is 0.497 e. The van der Waals surface area contributed by atoms with Crippen LogP contribution in [0.2, 0.25) is 0 Å². The smallest absolute Gasteiger partial charge is 0.271 e. The van der Waals surface area contributed by atoms with Gasteiger partial charge in [0.1, 0.15) is 11.3 Å². The van der Waals surface area contributed by atoms with E-state index in [-0.39, 0.29) is 16.9 Å². The monoisotopic (exact) mass is 381 g/mol. The molecule has 1 heterocycles. The SMILES string of the molecule is CCn1cc(C(=O)Nc2cc([N+](=O)[O-])ccc2C)c(=O)c2cc(OC)ccc21. The first-order valence-corrected chi connectivity index (χ1v) is 8.63. The predicted molar refractivity (Wildman–Crippen MR) is 106 cm³/mol. The van der Waals surface area contributed by atoms with Gasteiger partial charge < -0.3 is 14.6 Å². The van der Waals surface area contributed by atoms with Gasteiger partial charge in [0.25, 0.3) is 11.6 Å². The van der Waals surface area contributed by atoms with Crippen molar-refractivity contribution >= 4 is 28.2 Å². The zero-order valence-corrected chi connectivity index (χ0v) is 15.7. The average Bonchev–Trinajstić information content (AvgIpc) is 2.69. The summed E-state index contributed by atoms with van der Waals surface area (Å²) in [5.41, 5.74) is 1.00. The number of non-ortho nitro benzene ring substituents is 1. The van der Waals surface area contributed by atoms with Crippen molar-refractivity contribution in [1.29, 1.82) is 0 Å². The Hall–Kier alpha value is -3.68. The third kappa shape index (κ3) is 3.44. The number of hydrogen-bond donors (Lipinski definition) is 1. The molecule has 0 fully saturated rings. The Morgan fingerprint density at radius 1 is 1.25 bits per heavy atom. The maximum atomic E-state index is 12.9. The van der Waals surface area contributed by atoms with Crippen molar-refractivity contribution in [2.75, 3.05) is 12.4 Å². The van der Waals surface area contributed by atoms with E-state index in [4.69, 9.17) is 4.74 Å². The normalized spacial score (nSPS) is 10.7. The molecule has 0 atom stereocenters. The lowest BCUT2D eigenvalue weighted by molar-refractivity contribution is -0.384. The Morgan fingerprint density at radius 3 is 2.64 bits per heavy atom. The number of ether oxygens (including phenoxy) is 1. The number of aryl methyl sites for hydroxylation is 2. The van der Waals surface area contributed by atoms with Crippen LogP contribution in [0.4, 0.5) is 11.4 Å². The highest BCUT2D eigenvalue weighted by Crippen LogP contribution is 2.23. The zero-order chi connectivity index (χ0) is 20.4. The molecule has 0 aliphatic carbocycles. The van der Waals surface area contributed by atoms with Crippen LogP contribution in [0.15, 0.2) is 47.4 Å². The van der Waals surface area contributed by atoms with Crippen molar-refractivity contribution in [3.8, 4) is 5.75 Å². The zero-order valence-electron chi connectivity index (χ0n) is 15.7. The number of carbonyl (C=O) groups is 1. The minimum atomic E-state index is -0.625. The van der Waals surface area contributed by atoms with E-state index >= 15 is 0 Å². The minimum absolute atomic E-state index is 0.0477. The molecule has 144 valence electrons. The molecule has 0 spiro atoms. The lowest BCUT2D eigenvalue weighted by Crippen LogP contribution is -2.24. The summed E-state index contributed by atoms with van der Waals surface area (Å²) in [6.45, 7) is 4.18. The highest BCUT2D eigenvalue weighted by atomic mass is 16.6. The van der Waals surface area contributed by atoms with Crippen LogP contribution >= 0.6 is 0 Å². The Morgan fingerprint density at radius 2 is 2.00 bits per heavy atom. The summed E-state index contributed by atoms with van der Waals surface area (Å²) in [6.07, 6.45) is 1.50. The second-order valence-electron chi connectivity index (χ2n) is 6.25. The van der Waals surface area contributed by atoms with Crippen LogP contribution in [0.5, 0.6) is 5.75 Å². The first-order chi connectivity index (χ1) is 13.3. The summed E-state index contributed by atoms with van der Waals surface area (Å²) in [5, 5.41) is 14.0. The number of nitro benzene ring substituents is 1. The fraction of sp³-hybridized carbons (Fsp3) is 0.200. The van der Waals surface area contributed by atoms with Crippen LogP contribution in [0.25, 0.3) is 10.9 Å². The molecular weight excluding hydrogens is 362 g/mol. The number of fused-ring (bicyclic) bond motifs is 1. The number of amides is 1. The summed E-state index contributed by atoms with van der Waals surface area (Å²) in [7, 11) is 1.50. The molecule has 3 aromatic rings. The Bertz CT molecular complexity index is 1150. The van der Waals surface area contributed by atoms with Crippen molar-refractivity contribution in [2.24, 2.45) is 0 Å². The van der Waals surface area contributed by atoms with Crippen LogP contribution in [0, 0.1) is 17.0 Å². The van der Waals surface area contributed by atoms with Gasteiger partial charge in [0.05, 0.1) is 28.6 Å². The van der Waals surface area contributed by atoms with Crippen LogP contribution in [0.1, 0.15) is 22.8 Å². The molecule has 0 radical (unpaired) electrons. The van der Waals surface area contributed by atoms with Crippen LogP contribution < -0.4 is 15.5 Å². The van der Waals surface area contributed by atoms with E-state index in [0.717, 1.165) is 0 Å². The van der Waals surface area contributed by atoms with Gasteiger partial charge in [-0.05, 0) is 37.6 Å². The molecule has 3 rings (SSSR count). The standard InChI is InChI=1S/C20H19N3O5/c1-4-22-11-16(19(24)15-10-14(28-3)7-8-18(15)22)20(25)21-17-9-13(23(26)27)6-5-12(17)2/h5-11H,4H2,1-3H3,(H,21,25). The van der Waals surface area contributed by atoms with Crippen LogP contribution in [-0.4, -0.2) is 22.5 Å². The maximum Gasteiger partial charge on any atom is 0.271 e. The van der Waals surface area contributed by atoms with E-state index in [0.29, 0.717) is 28.8 Å². The number of pyridine rings is 1. The number of nitro groups is 1. The van der Waals surface area contributed by atoms with Crippen LogP contribution in [0.3, 0.4) is 0 Å². The number of anilines is 1. The molecule has 0 aliphatic heterocycles. The second-order valence-corrected chi connectivity index (χ2v) is 6.25. The molecule has 8 nitrogen and oxygen atoms in total. The maximum absolute atomic E-state index is 12.9.